The molecule has 0 bridgehead atoms. The maximum Gasteiger partial charge on any atom is 0.325 e. The Hall–Kier alpha value is -2.50. The number of urea groups is 1. The summed E-state index contributed by atoms with van der Waals surface area (Å²) < 4.78 is 32.9. The van der Waals surface area contributed by atoms with Gasteiger partial charge in [-0.1, -0.05) is 25.8 Å². The molecule has 2 saturated heterocycles. The molecule has 1 aromatic rings. The zero-order valence-electron chi connectivity index (χ0n) is 19.8. The first kappa shape index (κ1) is 24.6. The van der Waals surface area contributed by atoms with Gasteiger partial charge in [-0.2, -0.15) is 4.31 Å². The van der Waals surface area contributed by atoms with Crippen LogP contribution in [0.4, 0.5) is 10.5 Å². The van der Waals surface area contributed by atoms with Crippen molar-refractivity contribution in [3.8, 4) is 0 Å². The van der Waals surface area contributed by atoms with Crippen molar-refractivity contribution in [2.75, 3.05) is 31.6 Å². The number of hydrogen-bond donors (Lipinski definition) is 2. The Morgan fingerprint density at radius 3 is 2.62 bits per heavy atom. The van der Waals surface area contributed by atoms with Crippen LogP contribution in [-0.2, 0) is 24.3 Å². The smallest absolute Gasteiger partial charge is 0.325 e. The molecule has 3 fully saturated rings. The zero-order chi connectivity index (χ0) is 24.7. The van der Waals surface area contributed by atoms with E-state index in [4.69, 9.17) is 4.74 Å². The number of morpholine rings is 1. The third-order valence-corrected chi connectivity index (χ3v) is 9.30. The fraction of sp³-hybridized carbons (Fsp3) is 0.609. The van der Waals surface area contributed by atoms with E-state index in [1.165, 1.54) is 17.3 Å². The fourth-order valence-corrected chi connectivity index (χ4v) is 6.72. The number of ether oxygens (including phenoxy) is 1. The predicted molar refractivity (Wildman–Crippen MR) is 125 cm³/mol. The van der Waals surface area contributed by atoms with Gasteiger partial charge in [0, 0.05) is 18.8 Å². The van der Waals surface area contributed by atoms with Gasteiger partial charge < -0.3 is 15.4 Å². The lowest BCUT2D eigenvalue weighted by atomic mass is 9.73. The summed E-state index contributed by atoms with van der Waals surface area (Å²) in [5.41, 5.74) is -0.116. The molecule has 2 aliphatic heterocycles. The van der Waals surface area contributed by atoms with Gasteiger partial charge >= 0.3 is 6.03 Å². The van der Waals surface area contributed by atoms with E-state index in [1.807, 2.05) is 6.92 Å². The van der Waals surface area contributed by atoms with Gasteiger partial charge in [0.15, 0.2) is 0 Å². The third-order valence-electron chi connectivity index (χ3n) is 7.26. The summed E-state index contributed by atoms with van der Waals surface area (Å²) in [5, 5.41) is 5.54. The van der Waals surface area contributed by atoms with Gasteiger partial charge in [0.2, 0.25) is 15.9 Å². The Balaban J connectivity index is 1.52. The van der Waals surface area contributed by atoms with Crippen LogP contribution in [0, 0.1) is 12.8 Å². The fourth-order valence-electron chi connectivity index (χ4n) is 5.06. The molecule has 0 radical (unpaired) electrons. The molecule has 3 aliphatic rings. The molecule has 11 heteroatoms. The minimum Gasteiger partial charge on any atom is -0.379 e. The summed E-state index contributed by atoms with van der Waals surface area (Å²) in [7, 11) is -3.76. The molecule has 0 aromatic heterocycles. The highest BCUT2D eigenvalue weighted by atomic mass is 32.2. The van der Waals surface area contributed by atoms with Crippen molar-refractivity contribution < 1.29 is 27.5 Å². The van der Waals surface area contributed by atoms with E-state index in [0.717, 1.165) is 24.2 Å². The van der Waals surface area contributed by atoms with Crippen LogP contribution in [0.15, 0.2) is 23.1 Å². The number of amides is 4. The van der Waals surface area contributed by atoms with Crippen LogP contribution in [0.3, 0.4) is 0 Å². The van der Waals surface area contributed by atoms with Gasteiger partial charge in [0.25, 0.3) is 5.91 Å². The summed E-state index contributed by atoms with van der Waals surface area (Å²) in [4.78, 5) is 40.1. The first-order valence-electron chi connectivity index (χ1n) is 11.7. The average Bonchev–Trinajstić information content (AvgIpc) is 3.06. The molecule has 1 saturated carbocycles. The summed E-state index contributed by atoms with van der Waals surface area (Å²) in [6, 6.07) is 3.03. The Bertz CT molecular complexity index is 1100. The number of nitrogens with one attached hydrogen (secondary N) is 2. The SMILES string of the molecule is Cc1ccc(NC(=O)[C@H](C)N2C(=O)N[C@]3(CCCC[C@H]3C)C2=O)cc1S(=O)(=O)N1CCOCC1. The Morgan fingerprint density at radius 1 is 1.24 bits per heavy atom. The Kier molecular flexibility index (Phi) is 6.71. The highest BCUT2D eigenvalue weighted by Crippen LogP contribution is 2.39. The van der Waals surface area contributed by atoms with Crippen LogP contribution in [0.5, 0.6) is 0 Å². The van der Waals surface area contributed by atoms with Gasteiger partial charge in [-0.3, -0.25) is 9.59 Å². The van der Waals surface area contributed by atoms with Crippen molar-refractivity contribution in [3.63, 3.8) is 0 Å². The van der Waals surface area contributed by atoms with Crippen LogP contribution in [0.2, 0.25) is 0 Å². The molecule has 0 unspecified atom stereocenters. The molecule has 1 aromatic carbocycles. The molecule has 1 spiro atoms. The Morgan fingerprint density at radius 2 is 1.94 bits per heavy atom. The van der Waals surface area contributed by atoms with E-state index < -0.39 is 33.5 Å². The third kappa shape index (κ3) is 4.20. The first-order chi connectivity index (χ1) is 16.1. The van der Waals surface area contributed by atoms with E-state index in [2.05, 4.69) is 10.6 Å². The van der Waals surface area contributed by atoms with Gasteiger partial charge in [0.1, 0.15) is 11.6 Å². The maximum absolute atomic E-state index is 13.3. The van der Waals surface area contributed by atoms with Gasteiger partial charge in [-0.15, -0.1) is 0 Å². The monoisotopic (exact) mass is 492 g/mol. The molecule has 4 amide bonds. The van der Waals surface area contributed by atoms with Crippen LogP contribution < -0.4 is 10.6 Å². The van der Waals surface area contributed by atoms with Crippen LogP contribution >= 0.6 is 0 Å². The van der Waals surface area contributed by atoms with E-state index in [1.54, 1.807) is 19.1 Å². The van der Waals surface area contributed by atoms with Crippen molar-refractivity contribution in [3.05, 3.63) is 23.8 Å². The van der Waals surface area contributed by atoms with Crippen LogP contribution in [0.1, 0.15) is 45.1 Å². The quantitative estimate of drug-likeness (QED) is 0.605. The van der Waals surface area contributed by atoms with E-state index in [-0.39, 0.29) is 35.5 Å². The molecular weight excluding hydrogens is 460 g/mol. The summed E-state index contributed by atoms with van der Waals surface area (Å²) in [6.07, 6.45) is 3.24. The number of anilines is 1. The number of nitrogens with zero attached hydrogens (tertiary/aromatic N) is 2. The molecule has 2 N–H and O–H groups in total. The predicted octanol–water partition coefficient (Wildman–Crippen LogP) is 1.84. The largest absolute Gasteiger partial charge is 0.379 e. The number of sulfonamides is 1. The first-order valence-corrected chi connectivity index (χ1v) is 13.2. The van der Waals surface area contributed by atoms with Gasteiger partial charge in [0.05, 0.1) is 18.1 Å². The van der Waals surface area contributed by atoms with E-state index >= 15 is 0 Å². The van der Waals surface area contributed by atoms with Gasteiger partial charge in [-0.05, 0) is 50.3 Å². The number of carbonyl (C=O) groups excluding carboxylic acids is 3. The number of benzene rings is 1. The highest BCUT2D eigenvalue weighted by molar-refractivity contribution is 7.89. The summed E-state index contributed by atoms with van der Waals surface area (Å²) in [5.74, 6) is -0.947. The number of rotatable bonds is 5. The molecular formula is C23H32N4O6S. The van der Waals surface area contributed by atoms with E-state index in [9.17, 15) is 22.8 Å². The standard InChI is InChI=1S/C23H32N4O6S/c1-15-7-8-18(14-19(15)34(31,32)26-10-12-33-13-11-26)24-20(28)17(3)27-21(29)23(25-22(27)30)9-5-4-6-16(23)2/h7-8,14,16-17H,4-6,9-13H2,1-3H3,(H,24,28)(H,25,30)/t16-,17+,23+/m1/s1. The molecule has 2 heterocycles. The molecule has 1 aliphatic carbocycles. The van der Waals surface area contributed by atoms with Crippen molar-refractivity contribution in [2.24, 2.45) is 5.92 Å². The summed E-state index contributed by atoms with van der Waals surface area (Å²) in [6.45, 7) is 6.34. The second kappa shape index (κ2) is 9.27. The average molecular weight is 493 g/mol. The van der Waals surface area contributed by atoms with Crippen molar-refractivity contribution in [2.45, 2.75) is 62.9 Å². The van der Waals surface area contributed by atoms with E-state index in [0.29, 0.717) is 25.2 Å². The summed E-state index contributed by atoms with van der Waals surface area (Å²) >= 11 is 0. The Labute approximate surface area is 200 Å². The lowest BCUT2D eigenvalue weighted by molar-refractivity contribution is -0.138. The number of aryl methyl sites for hydroxylation is 1. The number of imide groups is 1. The minimum absolute atomic E-state index is 0.0111. The lowest BCUT2D eigenvalue weighted by Gasteiger charge is -2.37. The molecule has 3 atom stereocenters. The lowest BCUT2D eigenvalue weighted by Crippen LogP contribution is -2.54. The number of carbonyl (C=O) groups is 3. The normalized spacial score (nSPS) is 27.0. The zero-order valence-corrected chi connectivity index (χ0v) is 20.6. The van der Waals surface area contributed by atoms with Crippen LogP contribution in [-0.4, -0.2) is 73.4 Å². The van der Waals surface area contributed by atoms with Gasteiger partial charge in [-0.25, -0.2) is 18.1 Å². The second-order valence-electron chi connectivity index (χ2n) is 9.39. The van der Waals surface area contributed by atoms with Crippen molar-refractivity contribution >= 4 is 33.6 Å². The molecule has 186 valence electrons. The molecule has 34 heavy (non-hydrogen) atoms. The minimum atomic E-state index is -3.76. The van der Waals surface area contributed by atoms with Crippen LogP contribution in [0.25, 0.3) is 0 Å². The topological polar surface area (TPSA) is 125 Å². The maximum atomic E-state index is 13.3. The molecule has 4 rings (SSSR count). The van der Waals surface area contributed by atoms with Crippen molar-refractivity contribution in [1.29, 1.82) is 0 Å². The number of hydrogen-bond acceptors (Lipinski definition) is 6. The van der Waals surface area contributed by atoms with Crippen molar-refractivity contribution in [1.82, 2.24) is 14.5 Å². The highest BCUT2D eigenvalue weighted by Gasteiger charge is 2.56. The molecule has 10 nitrogen and oxygen atoms in total. The second-order valence-corrected chi connectivity index (χ2v) is 11.3.